The Morgan fingerprint density at radius 3 is 1.88 bits per heavy atom. The van der Waals surface area contributed by atoms with E-state index < -0.39 is 0 Å². The highest BCUT2D eigenvalue weighted by molar-refractivity contribution is 7.81. The summed E-state index contributed by atoms with van der Waals surface area (Å²) in [5, 5.41) is 1.29. The molecule has 0 aliphatic carbocycles. The molecular formula is C4H4N2S2. The fourth-order valence-electron chi connectivity index (χ4n) is 0.337. The van der Waals surface area contributed by atoms with Gasteiger partial charge in [-0.25, -0.2) is 9.97 Å². The van der Waals surface area contributed by atoms with Crippen molar-refractivity contribution >= 4 is 25.3 Å². The summed E-state index contributed by atoms with van der Waals surface area (Å²) < 4.78 is 0. The van der Waals surface area contributed by atoms with Crippen LogP contribution in [0.15, 0.2) is 22.4 Å². The van der Waals surface area contributed by atoms with E-state index in [4.69, 9.17) is 0 Å². The molecule has 0 saturated heterocycles. The quantitative estimate of drug-likeness (QED) is 0.420. The zero-order valence-electron chi connectivity index (χ0n) is 3.94. The summed E-state index contributed by atoms with van der Waals surface area (Å²) in [5.74, 6) is 0. The van der Waals surface area contributed by atoms with E-state index in [2.05, 4.69) is 35.2 Å². The summed E-state index contributed by atoms with van der Waals surface area (Å²) in [6.45, 7) is 0. The van der Waals surface area contributed by atoms with Crippen molar-refractivity contribution in [2.24, 2.45) is 0 Å². The second kappa shape index (κ2) is 2.37. The Hall–Kier alpha value is -0.220. The molecule has 4 heteroatoms. The molecule has 0 N–H and O–H groups in total. The first kappa shape index (κ1) is 5.91. The Morgan fingerprint density at radius 2 is 1.62 bits per heavy atom. The van der Waals surface area contributed by atoms with Crippen molar-refractivity contribution in [3.63, 3.8) is 0 Å². The number of hydrogen-bond acceptors (Lipinski definition) is 4. The fourth-order valence-corrected chi connectivity index (χ4v) is 0.787. The highest BCUT2D eigenvalue weighted by Gasteiger charge is 1.85. The molecule has 0 aliphatic heterocycles. The van der Waals surface area contributed by atoms with E-state index in [1.165, 1.54) is 6.33 Å². The minimum Gasteiger partial charge on any atom is -0.230 e. The molecule has 8 heavy (non-hydrogen) atoms. The minimum absolute atomic E-state index is 0.644. The molecule has 0 saturated carbocycles. The lowest BCUT2D eigenvalue weighted by molar-refractivity contribution is 0.971. The van der Waals surface area contributed by atoms with E-state index in [1.807, 2.05) is 0 Å². The van der Waals surface area contributed by atoms with Crippen molar-refractivity contribution < 1.29 is 0 Å². The summed E-state index contributed by atoms with van der Waals surface area (Å²) in [4.78, 5) is 7.49. The summed E-state index contributed by atoms with van der Waals surface area (Å²) in [6.07, 6.45) is 1.42. The van der Waals surface area contributed by atoms with Crippen LogP contribution in [-0.2, 0) is 0 Å². The Balaban J connectivity index is 3.08. The summed E-state index contributed by atoms with van der Waals surface area (Å²) in [5.41, 5.74) is 0. The zero-order chi connectivity index (χ0) is 5.98. The smallest absolute Gasteiger partial charge is 0.117 e. The van der Waals surface area contributed by atoms with Gasteiger partial charge in [0.1, 0.15) is 6.33 Å². The van der Waals surface area contributed by atoms with Crippen molar-refractivity contribution in [2.75, 3.05) is 0 Å². The van der Waals surface area contributed by atoms with Crippen LogP contribution in [0.3, 0.4) is 0 Å². The SMILES string of the molecule is Sc1cc(S)ncn1. The van der Waals surface area contributed by atoms with Crippen LogP contribution < -0.4 is 0 Å². The van der Waals surface area contributed by atoms with Crippen LogP contribution in [0.25, 0.3) is 0 Å². The second-order valence-electron chi connectivity index (χ2n) is 1.23. The van der Waals surface area contributed by atoms with Crippen LogP contribution in [0.1, 0.15) is 0 Å². The molecule has 42 valence electrons. The minimum atomic E-state index is 0.644. The average molecular weight is 144 g/mol. The average Bonchev–Trinajstić information content (AvgIpc) is 1.64. The van der Waals surface area contributed by atoms with Gasteiger partial charge in [0.25, 0.3) is 0 Å². The number of rotatable bonds is 0. The van der Waals surface area contributed by atoms with E-state index in [1.54, 1.807) is 6.07 Å². The first-order chi connectivity index (χ1) is 3.79. The van der Waals surface area contributed by atoms with Crippen LogP contribution in [0.2, 0.25) is 0 Å². The van der Waals surface area contributed by atoms with Gasteiger partial charge in [0.05, 0.1) is 10.1 Å². The Labute approximate surface area is 58.2 Å². The van der Waals surface area contributed by atoms with Crippen molar-refractivity contribution in [2.45, 2.75) is 10.1 Å². The van der Waals surface area contributed by atoms with Gasteiger partial charge in [-0.1, -0.05) is 0 Å². The van der Waals surface area contributed by atoms with Crippen LogP contribution in [0.5, 0.6) is 0 Å². The highest BCUT2D eigenvalue weighted by atomic mass is 32.1. The van der Waals surface area contributed by atoms with Crippen LogP contribution in [0.4, 0.5) is 0 Å². The van der Waals surface area contributed by atoms with Crippen LogP contribution in [-0.4, -0.2) is 9.97 Å². The zero-order valence-corrected chi connectivity index (χ0v) is 5.73. The topological polar surface area (TPSA) is 25.8 Å². The second-order valence-corrected chi connectivity index (χ2v) is 2.15. The molecule has 0 aliphatic rings. The number of thiol groups is 2. The molecule has 0 radical (unpaired) electrons. The van der Waals surface area contributed by atoms with Crippen molar-refractivity contribution in [1.29, 1.82) is 0 Å². The van der Waals surface area contributed by atoms with Crippen LogP contribution in [0, 0.1) is 0 Å². The lowest BCUT2D eigenvalue weighted by atomic mass is 10.7. The van der Waals surface area contributed by atoms with Crippen molar-refractivity contribution in [3.8, 4) is 0 Å². The van der Waals surface area contributed by atoms with Crippen LogP contribution >= 0.6 is 25.3 Å². The lowest BCUT2D eigenvalue weighted by Gasteiger charge is -1.87. The molecule has 0 amide bonds. The van der Waals surface area contributed by atoms with E-state index in [0.29, 0.717) is 10.1 Å². The van der Waals surface area contributed by atoms with Gasteiger partial charge in [-0.15, -0.1) is 25.3 Å². The molecule has 0 bridgehead atoms. The summed E-state index contributed by atoms with van der Waals surface area (Å²) in [6, 6.07) is 1.67. The Kier molecular flexibility index (Phi) is 1.75. The van der Waals surface area contributed by atoms with Gasteiger partial charge in [0, 0.05) is 6.07 Å². The third-order valence-electron chi connectivity index (χ3n) is 0.638. The Bertz CT molecular complexity index is 172. The van der Waals surface area contributed by atoms with E-state index in [9.17, 15) is 0 Å². The standard InChI is InChI=1S/C4H4N2S2/c7-3-1-4(8)6-2-5-3/h1-2H,(H2,5,6,7,8). The first-order valence-electron chi connectivity index (χ1n) is 1.99. The largest absolute Gasteiger partial charge is 0.230 e. The predicted molar refractivity (Wildman–Crippen MR) is 36.5 cm³/mol. The van der Waals surface area contributed by atoms with Crippen molar-refractivity contribution in [3.05, 3.63) is 12.4 Å². The van der Waals surface area contributed by atoms with Gasteiger partial charge in [0.15, 0.2) is 0 Å². The molecular weight excluding hydrogens is 140 g/mol. The first-order valence-corrected chi connectivity index (χ1v) is 2.88. The van der Waals surface area contributed by atoms with Gasteiger partial charge >= 0.3 is 0 Å². The molecule has 0 fully saturated rings. The molecule has 1 rings (SSSR count). The normalized spacial score (nSPS) is 9.25. The molecule has 0 spiro atoms. The van der Waals surface area contributed by atoms with E-state index >= 15 is 0 Å². The third kappa shape index (κ3) is 1.38. The Morgan fingerprint density at radius 1 is 1.12 bits per heavy atom. The lowest BCUT2D eigenvalue weighted by Crippen LogP contribution is -1.78. The van der Waals surface area contributed by atoms with Crippen molar-refractivity contribution in [1.82, 2.24) is 9.97 Å². The number of aromatic nitrogens is 2. The van der Waals surface area contributed by atoms with Gasteiger partial charge in [-0.05, 0) is 0 Å². The third-order valence-corrected chi connectivity index (χ3v) is 1.13. The number of nitrogens with zero attached hydrogens (tertiary/aromatic N) is 2. The molecule has 1 aromatic heterocycles. The maximum Gasteiger partial charge on any atom is 0.117 e. The molecule has 1 aromatic rings. The molecule has 0 aromatic carbocycles. The number of hydrogen-bond donors (Lipinski definition) is 2. The van der Waals surface area contributed by atoms with Gasteiger partial charge in [-0.2, -0.15) is 0 Å². The van der Waals surface area contributed by atoms with Gasteiger partial charge < -0.3 is 0 Å². The fraction of sp³-hybridized carbons (Fsp3) is 0. The van der Waals surface area contributed by atoms with Gasteiger partial charge in [-0.3, -0.25) is 0 Å². The maximum absolute atomic E-state index is 3.95. The monoisotopic (exact) mass is 144 g/mol. The predicted octanol–water partition coefficient (Wildman–Crippen LogP) is 1.05. The summed E-state index contributed by atoms with van der Waals surface area (Å²) in [7, 11) is 0. The van der Waals surface area contributed by atoms with E-state index in [-0.39, 0.29) is 0 Å². The summed E-state index contributed by atoms with van der Waals surface area (Å²) >= 11 is 7.91. The molecule has 1 heterocycles. The molecule has 0 atom stereocenters. The molecule has 0 unspecified atom stereocenters. The van der Waals surface area contributed by atoms with E-state index in [0.717, 1.165) is 0 Å². The highest BCUT2D eigenvalue weighted by Crippen LogP contribution is 2.03. The maximum atomic E-state index is 3.95. The molecule has 2 nitrogen and oxygen atoms in total. The van der Waals surface area contributed by atoms with Gasteiger partial charge in [0.2, 0.25) is 0 Å².